The minimum absolute atomic E-state index is 0.0192. The van der Waals surface area contributed by atoms with Crippen molar-refractivity contribution in [1.29, 1.82) is 5.26 Å². The van der Waals surface area contributed by atoms with Crippen LogP contribution >= 0.6 is 0 Å². The van der Waals surface area contributed by atoms with Crippen LogP contribution < -0.4 is 21.3 Å². The summed E-state index contributed by atoms with van der Waals surface area (Å²) < 4.78 is 0. The number of likely N-dealkylation sites (N-methyl/N-ethyl adjacent to an activating group) is 7. The Labute approximate surface area is 501 Å². The van der Waals surface area contributed by atoms with E-state index < -0.39 is 156 Å². The summed E-state index contributed by atoms with van der Waals surface area (Å²) in [5, 5.41) is 32.4. The van der Waals surface area contributed by atoms with Crippen LogP contribution in [0.15, 0.2) is 0 Å². The van der Waals surface area contributed by atoms with E-state index in [-0.39, 0.29) is 62.2 Å². The summed E-state index contributed by atoms with van der Waals surface area (Å²) in [6, 6.07) is -10.7. The second-order valence-electron chi connectivity index (χ2n) is 25.7. The maximum Gasteiger partial charge on any atom is 0.246 e. The van der Waals surface area contributed by atoms with Crippen molar-refractivity contribution in [2.45, 2.75) is 216 Å². The van der Waals surface area contributed by atoms with Gasteiger partial charge >= 0.3 is 0 Å². The van der Waals surface area contributed by atoms with Crippen molar-refractivity contribution < 1.29 is 57.8 Å². The third-order valence-electron chi connectivity index (χ3n) is 15.7. The lowest BCUT2D eigenvalue weighted by Crippen LogP contribution is -2.63. The summed E-state index contributed by atoms with van der Waals surface area (Å²) in [5.41, 5.74) is 0. The molecule has 0 bridgehead atoms. The highest BCUT2D eigenvalue weighted by Crippen LogP contribution is 2.25. The molecule has 1 fully saturated rings. The van der Waals surface area contributed by atoms with E-state index in [9.17, 15) is 53.5 Å². The van der Waals surface area contributed by atoms with Gasteiger partial charge in [-0.1, -0.05) is 96.9 Å². The summed E-state index contributed by atoms with van der Waals surface area (Å²) in [7, 11) is 9.70. The fraction of sp³-hybridized carbons (Fsp3) is 0.800. The van der Waals surface area contributed by atoms with Crippen molar-refractivity contribution >= 4 is 65.0 Å². The molecule has 0 aliphatic carbocycles. The lowest BCUT2D eigenvalue weighted by atomic mass is 9.92. The van der Waals surface area contributed by atoms with Gasteiger partial charge in [-0.2, -0.15) is 5.26 Å². The second kappa shape index (κ2) is 33.9. The molecule has 12 atom stereocenters. The van der Waals surface area contributed by atoms with Crippen LogP contribution in [0.1, 0.15) is 149 Å². The highest BCUT2D eigenvalue weighted by Gasteiger charge is 2.46. The first-order chi connectivity index (χ1) is 38.7. The summed E-state index contributed by atoms with van der Waals surface area (Å²) in [5.74, 6) is -10.4. The Morgan fingerprint density at radius 3 is 1.31 bits per heavy atom. The number of carbonyl (C=O) groups excluding carboxylic acids is 11. The zero-order valence-electron chi connectivity index (χ0n) is 54.9. The zero-order chi connectivity index (χ0) is 65.3. The molecule has 0 spiro atoms. The molecule has 1 rings (SSSR count). The number of aliphatic hydroxyl groups excluding tert-OH is 1. The molecule has 84 heavy (non-hydrogen) atoms. The SMILES string of the molecule is CC[C@@H]1NC(=O)C([C@H](O)[C@H](C)CC#N)N(C)C(=O)[C@H](C(C)C)N(C)C(=O)[C@H](CC(C)C)N(C)C(=O)[C@H](CC(C)C)N(C)C(=O)[C@@H](C)NC(=O)[C@H](C)NC(=O)[C@H](CC(C)C)N(C)C(=O)[C@H](C(C)C)NC(=O)[C@H](CC(C)C)N(C)C(=O)CN(C)C1=O. The average Bonchev–Trinajstić information content (AvgIpc) is 2.71. The summed E-state index contributed by atoms with van der Waals surface area (Å²) in [6.07, 6.45) is -1.37. The molecule has 478 valence electrons. The first-order valence-electron chi connectivity index (χ1n) is 29.8. The molecule has 0 radical (unpaired) electrons. The van der Waals surface area contributed by atoms with E-state index in [1.165, 1.54) is 94.6 Å². The first kappa shape index (κ1) is 75.6. The van der Waals surface area contributed by atoms with E-state index in [1.54, 1.807) is 34.6 Å². The lowest BCUT2D eigenvalue weighted by molar-refractivity contribution is -0.157. The first-order valence-corrected chi connectivity index (χ1v) is 29.8. The molecular weight excluding hydrogens is 1080 g/mol. The van der Waals surface area contributed by atoms with Crippen molar-refractivity contribution in [3.8, 4) is 6.07 Å². The van der Waals surface area contributed by atoms with Gasteiger partial charge in [0.2, 0.25) is 65.0 Å². The molecule has 1 saturated heterocycles. The third kappa shape index (κ3) is 20.7. The summed E-state index contributed by atoms with van der Waals surface area (Å²) >= 11 is 0. The molecule has 1 heterocycles. The van der Waals surface area contributed by atoms with Crippen molar-refractivity contribution in [3.63, 3.8) is 0 Å². The monoisotopic (exact) mass is 1190 g/mol. The van der Waals surface area contributed by atoms with Gasteiger partial charge in [0.05, 0.1) is 18.7 Å². The Morgan fingerprint density at radius 2 is 0.869 bits per heavy atom. The number of hydrogen-bond donors (Lipinski definition) is 5. The number of aliphatic hydroxyl groups is 1. The number of hydrogen-bond acceptors (Lipinski definition) is 13. The molecule has 1 aliphatic rings. The number of amides is 11. The fourth-order valence-corrected chi connectivity index (χ4v) is 10.5. The van der Waals surface area contributed by atoms with Crippen LogP contribution in [0, 0.1) is 52.8 Å². The predicted octanol–water partition coefficient (Wildman–Crippen LogP) is 2.22. The van der Waals surface area contributed by atoms with Crippen LogP contribution in [0.25, 0.3) is 0 Å². The van der Waals surface area contributed by atoms with Gasteiger partial charge in [-0.05, 0) is 87.4 Å². The highest BCUT2D eigenvalue weighted by atomic mass is 16.3. The van der Waals surface area contributed by atoms with Gasteiger partial charge in [0, 0.05) is 55.8 Å². The van der Waals surface area contributed by atoms with Crippen LogP contribution in [0.3, 0.4) is 0 Å². The van der Waals surface area contributed by atoms with Crippen molar-refractivity contribution in [2.24, 2.45) is 41.4 Å². The molecule has 0 aromatic heterocycles. The van der Waals surface area contributed by atoms with Crippen LogP contribution in [-0.4, -0.2) is 227 Å². The van der Waals surface area contributed by atoms with Gasteiger partial charge in [0.25, 0.3) is 0 Å². The van der Waals surface area contributed by atoms with Gasteiger partial charge in [-0.3, -0.25) is 52.7 Å². The maximum absolute atomic E-state index is 15.0. The molecule has 5 N–H and O–H groups in total. The minimum Gasteiger partial charge on any atom is -0.390 e. The lowest BCUT2D eigenvalue weighted by Gasteiger charge is -2.41. The smallest absolute Gasteiger partial charge is 0.246 e. The van der Waals surface area contributed by atoms with Gasteiger partial charge in [-0.15, -0.1) is 0 Å². The van der Waals surface area contributed by atoms with E-state index in [1.807, 2.05) is 61.5 Å². The molecule has 24 heteroatoms. The molecule has 1 aliphatic heterocycles. The molecule has 0 saturated carbocycles. The molecule has 11 amide bonds. The molecule has 0 aromatic carbocycles. The third-order valence-corrected chi connectivity index (χ3v) is 15.7. The number of nitrogens with one attached hydrogen (secondary N) is 4. The quantitative estimate of drug-likeness (QED) is 0.167. The Balaban J connectivity index is 4.30. The Bertz CT molecular complexity index is 2340. The number of carbonyl (C=O) groups is 11. The zero-order valence-corrected chi connectivity index (χ0v) is 54.9. The average molecular weight is 1190 g/mol. The van der Waals surface area contributed by atoms with E-state index in [0.29, 0.717) is 0 Å². The predicted molar refractivity (Wildman–Crippen MR) is 319 cm³/mol. The molecule has 24 nitrogen and oxygen atoms in total. The normalized spacial score (nSPS) is 26.9. The summed E-state index contributed by atoms with van der Waals surface area (Å²) in [6.45, 7) is 27.0. The fourth-order valence-electron chi connectivity index (χ4n) is 10.5. The Hall–Kier alpha value is -6.38. The van der Waals surface area contributed by atoms with Crippen LogP contribution in [0.4, 0.5) is 0 Å². The van der Waals surface area contributed by atoms with Crippen molar-refractivity contribution in [2.75, 3.05) is 55.9 Å². The topological polar surface area (TPSA) is 303 Å². The number of rotatable bonds is 14. The summed E-state index contributed by atoms with van der Waals surface area (Å²) in [4.78, 5) is 168. The van der Waals surface area contributed by atoms with Gasteiger partial charge in [0.1, 0.15) is 60.4 Å². The Kier molecular flexibility index (Phi) is 30.6. The molecule has 1 unspecified atom stereocenters. The van der Waals surface area contributed by atoms with E-state index in [4.69, 9.17) is 0 Å². The Morgan fingerprint density at radius 1 is 0.464 bits per heavy atom. The number of nitriles is 1. The van der Waals surface area contributed by atoms with Crippen LogP contribution in [0.5, 0.6) is 0 Å². The highest BCUT2D eigenvalue weighted by molar-refractivity contribution is 5.99. The van der Waals surface area contributed by atoms with Crippen LogP contribution in [0.2, 0.25) is 0 Å². The second-order valence-corrected chi connectivity index (χ2v) is 25.7. The van der Waals surface area contributed by atoms with E-state index in [0.717, 1.165) is 9.80 Å². The van der Waals surface area contributed by atoms with Crippen LogP contribution in [-0.2, 0) is 52.7 Å². The minimum atomic E-state index is -1.73. The van der Waals surface area contributed by atoms with Gasteiger partial charge < -0.3 is 60.7 Å². The molecule has 0 aromatic rings. The number of nitrogens with zero attached hydrogens (tertiary/aromatic N) is 8. The standard InChI is InChI=1S/C60H106N12O12/c1-24-41-56(80)66(17)31-46(73)67(18)42(27-32(2)3)53(77)65-47(36(10)11)59(83)68(19)43(28-33(4)5)52(76)62-39(15)51(75)63-40(16)55(79)69(20)44(29-34(6)7)57(81)70(21)45(30-35(8)9)58(82)71(22)48(37(12)13)60(84)72(23)49(54(78)64-41)50(74)38(14)25-26-61/h32-45,47-50,74H,24-25,27-31H2,1-23H3,(H,62,76)(H,63,75)(H,64,78)(H,65,77)/t38-,39+,40-,41+,42+,43+,44+,45+,47+,48+,49?,50-/m1/s1. The van der Waals surface area contributed by atoms with Gasteiger partial charge in [0.15, 0.2) is 0 Å². The van der Waals surface area contributed by atoms with Crippen molar-refractivity contribution in [3.05, 3.63) is 0 Å². The van der Waals surface area contributed by atoms with E-state index >= 15 is 9.59 Å². The molecular formula is C60H106N12O12. The van der Waals surface area contributed by atoms with E-state index in [2.05, 4.69) is 21.3 Å². The maximum atomic E-state index is 15.0. The van der Waals surface area contributed by atoms with Gasteiger partial charge in [-0.25, -0.2) is 0 Å². The largest absolute Gasteiger partial charge is 0.390 e. The van der Waals surface area contributed by atoms with Crippen molar-refractivity contribution in [1.82, 2.24) is 55.6 Å².